The molecule has 0 fully saturated rings. The average molecular weight is 266 g/mol. The molecule has 0 aliphatic rings. The molecule has 3 aromatic rings. The number of nitrogens with zero attached hydrogens (tertiary/aromatic N) is 3. The van der Waals surface area contributed by atoms with Crippen molar-refractivity contribution in [1.29, 1.82) is 0 Å². The molecule has 0 radical (unpaired) electrons. The summed E-state index contributed by atoms with van der Waals surface area (Å²) in [5.74, 6) is 0.990. The second kappa shape index (κ2) is 4.77. The van der Waals surface area contributed by atoms with Gasteiger partial charge < -0.3 is 10.3 Å². The van der Waals surface area contributed by atoms with E-state index in [0.717, 1.165) is 22.3 Å². The van der Waals surface area contributed by atoms with Gasteiger partial charge in [-0.05, 0) is 49.2 Å². The Hall–Kier alpha value is -2.69. The summed E-state index contributed by atoms with van der Waals surface area (Å²) in [5, 5.41) is 4.00. The number of hydrogen-bond acceptors (Lipinski definition) is 5. The maximum absolute atomic E-state index is 5.88. The van der Waals surface area contributed by atoms with Gasteiger partial charge in [0.1, 0.15) is 0 Å². The molecule has 2 heterocycles. The molecule has 5 nitrogen and oxygen atoms in total. The van der Waals surface area contributed by atoms with Crippen LogP contribution in [-0.4, -0.2) is 15.1 Å². The van der Waals surface area contributed by atoms with Crippen LogP contribution < -0.4 is 5.73 Å². The maximum atomic E-state index is 5.88. The van der Waals surface area contributed by atoms with Crippen LogP contribution in [0.1, 0.15) is 11.1 Å². The van der Waals surface area contributed by atoms with Gasteiger partial charge in [0.25, 0.3) is 5.89 Å². The third-order valence-electron chi connectivity index (χ3n) is 3.27. The van der Waals surface area contributed by atoms with Crippen LogP contribution in [0.3, 0.4) is 0 Å². The monoisotopic (exact) mass is 266 g/mol. The molecule has 0 aliphatic heterocycles. The molecule has 0 atom stereocenters. The first-order valence-corrected chi connectivity index (χ1v) is 6.26. The number of benzene rings is 1. The van der Waals surface area contributed by atoms with Crippen molar-refractivity contribution in [2.24, 2.45) is 0 Å². The van der Waals surface area contributed by atoms with E-state index < -0.39 is 0 Å². The molecule has 20 heavy (non-hydrogen) atoms. The van der Waals surface area contributed by atoms with Crippen molar-refractivity contribution >= 4 is 5.69 Å². The van der Waals surface area contributed by atoms with E-state index in [9.17, 15) is 0 Å². The van der Waals surface area contributed by atoms with Crippen LogP contribution in [0.15, 0.2) is 41.2 Å². The van der Waals surface area contributed by atoms with Gasteiger partial charge in [-0.1, -0.05) is 5.16 Å². The molecule has 3 rings (SSSR count). The standard InChI is InChI=1S/C15H14N4O/c1-9-6-12(16)7-13(10(9)2)15-18-14(19-20-15)11-4-3-5-17-8-11/h3-8H,16H2,1-2H3. The van der Waals surface area contributed by atoms with Crippen LogP contribution in [-0.2, 0) is 0 Å². The van der Waals surface area contributed by atoms with E-state index in [1.807, 2.05) is 38.1 Å². The lowest BCUT2D eigenvalue weighted by atomic mass is 10.0. The lowest BCUT2D eigenvalue weighted by molar-refractivity contribution is 0.432. The Balaban J connectivity index is 2.07. The zero-order valence-electron chi connectivity index (χ0n) is 11.3. The predicted molar refractivity (Wildman–Crippen MR) is 76.9 cm³/mol. The quantitative estimate of drug-likeness (QED) is 0.721. The molecule has 0 aliphatic carbocycles. The second-order valence-electron chi connectivity index (χ2n) is 4.68. The third kappa shape index (κ3) is 2.14. The number of nitrogen functional groups attached to an aromatic ring is 1. The fraction of sp³-hybridized carbons (Fsp3) is 0.133. The minimum atomic E-state index is 0.469. The van der Waals surface area contributed by atoms with Gasteiger partial charge >= 0.3 is 0 Å². The van der Waals surface area contributed by atoms with Crippen molar-refractivity contribution < 1.29 is 4.52 Å². The number of hydrogen-bond donors (Lipinski definition) is 1. The number of aryl methyl sites for hydroxylation is 1. The lowest BCUT2D eigenvalue weighted by Crippen LogP contribution is -1.93. The molecule has 0 bridgehead atoms. The van der Waals surface area contributed by atoms with Gasteiger partial charge in [0.15, 0.2) is 0 Å². The minimum absolute atomic E-state index is 0.469. The molecule has 100 valence electrons. The number of nitrogens with two attached hydrogens (primary N) is 1. The van der Waals surface area contributed by atoms with E-state index >= 15 is 0 Å². The molecule has 1 aromatic carbocycles. The van der Waals surface area contributed by atoms with E-state index in [0.29, 0.717) is 17.4 Å². The van der Waals surface area contributed by atoms with Gasteiger partial charge in [0.05, 0.1) is 0 Å². The Morgan fingerprint density at radius 1 is 1.20 bits per heavy atom. The van der Waals surface area contributed by atoms with E-state index in [-0.39, 0.29) is 0 Å². The van der Waals surface area contributed by atoms with Crippen molar-refractivity contribution in [2.45, 2.75) is 13.8 Å². The second-order valence-corrected chi connectivity index (χ2v) is 4.68. The summed E-state index contributed by atoms with van der Waals surface area (Å²) >= 11 is 0. The van der Waals surface area contributed by atoms with E-state index in [1.54, 1.807) is 12.4 Å². The van der Waals surface area contributed by atoms with Gasteiger partial charge in [0, 0.05) is 29.2 Å². The highest BCUT2D eigenvalue weighted by Gasteiger charge is 2.14. The molecule has 2 aromatic heterocycles. The molecule has 0 amide bonds. The first-order valence-electron chi connectivity index (χ1n) is 6.26. The van der Waals surface area contributed by atoms with Crippen LogP contribution in [0.4, 0.5) is 5.69 Å². The first-order chi connectivity index (χ1) is 9.65. The highest BCUT2D eigenvalue weighted by molar-refractivity contribution is 5.67. The largest absolute Gasteiger partial charge is 0.399 e. The van der Waals surface area contributed by atoms with Crippen molar-refractivity contribution in [2.75, 3.05) is 5.73 Å². The van der Waals surface area contributed by atoms with Crippen LogP contribution in [0.5, 0.6) is 0 Å². The maximum Gasteiger partial charge on any atom is 0.258 e. The molecule has 5 heteroatoms. The molecule has 2 N–H and O–H groups in total. The Labute approximate surface area is 116 Å². The fourth-order valence-electron chi connectivity index (χ4n) is 2.05. The first kappa shape index (κ1) is 12.3. The van der Waals surface area contributed by atoms with Crippen LogP contribution in [0.25, 0.3) is 22.8 Å². The van der Waals surface area contributed by atoms with E-state index in [4.69, 9.17) is 10.3 Å². The molecular weight excluding hydrogens is 252 g/mol. The molecule has 0 saturated heterocycles. The molecule has 0 spiro atoms. The van der Waals surface area contributed by atoms with E-state index in [1.165, 1.54) is 0 Å². The number of pyridine rings is 1. The van der Waals surface area contributed by atoms with Gasteiger partial charge in [-0.25, -0.2) is 0 Å². The summed E-state index contributed by atoms with van der Waals surface area (Å²) < 4.78 is 5.35. The Kier molecular flexibility index (Phi) is 2.95. The molecule has 0 unspecified atom stereocenters. The third-order valence-corrected chi connectivity index (χ3v) is 3.27. The Morgan fingerprint density at radius 3 is 2.80 bits per heavy atom. The SMILES string of the molecule is Cc1cc(N)cc(-c2nc(-c3cccnc3)no2)c1C. The Bertz CT molecular complexity index is 750. The number of aromatic nitrogens is 3. The normalized spacial score (nSPS) is 10.7. The molecular formula is C15H14N4O. The summed E-state index contributed by atoms with van der Waals surface area (Å²) in [6.07, 6.45) is 3.40. The fourth-order valence-corrected chi connectivity index (χ4v) is 2.05. The van der Waals surface area contributed by atoms with Gasteiger partial charge in [-0.3, -0.25) is 4.98 Å². The molecule has 0 saturated carbocycles. The smallest absolute Gasteiger partial charge is 0.258 e. The van der Waals surface area contributed by atoms with Crippen molar-refractivity contribution in [3.8, 4) is 22.8 Å². The van der Waals surface area contributed by atoms with Crippen LogP contribution >= 0.6 is 0 Å². The van der Waals surface area contributed by atoms with E-state index in [2.05, 4.69) is 15.1 Å². The van der Waals surface area contributed by atoms with Crippen molar-refractivity contribution in [3.05, 3.63) is 47.8 Å². The summed E-state index contributed by atoms with van der Waals surface area (Å²) in [6.45, 7) is 4.02. The zero-order valence-corrected chi connectivity index (χ0v) is 11.3. The summed E-state index contributed by atoms with van der Waals surface area (Å²) in [5.41, 5.74) is 10.4. The average Bonchev–Trinajstić information content (AvgIpc) is 2.93. The summed E-state index contributed by atoms with van der Waals surface area (Å²) in [4.78, 5) is 8.47. The van der Waals surface area contributed by atoms with Crippen molar-refractivity contribution in [3.63, 3.8) is 0 Å². The summed E-state index contributed by atoms with van der Waals surface area (Å²) in [7, 11) is 0. The van der Waals surface area contributed by atoms with Gasteiger partial charge in [0.2, 0.25) is 5.82 Å². The zero-order chi connectivity index (χ0) is 14.1. The minimum Gasteiger partial charge on any atom is -0.399 e. The predicted octanol–water partition coefficient (Wildman–Crippen LogP) is 3.00. The summed E-state index contributed by atoms with van der Waals surface area (Å²) in [6, 6.07) is 7.50. The van der Waals surface area contributed by atoms with Crippen LogP contribution in [0, 0.1) is 13.8 Å². The topological polar surface area (TPSA) is 77.8 Å². The number of anilines is 1. The lowest BCUT2D eigenvalue weighted by Gasteiger charge is -2.06. The number of rotatable bonds is 2. The van der Waals surface area contributed by atoms with Crippen molar-refractivity contribution in [1.82, 2.24) is 15.1 Å². The Morgan fingerprint density at radius 2 is 2.05 bits per heavy atom. The highest BCUT2D eigenvalue weighted by atomic mass is 16.5. The highest BCUT2D eigenvalue weighted by Crippen LogP contribution is 2.28. The van der Waals surface area contributed by atoms with Crippen LogP contribution in [0.2, 0.25) is 0 Å². The van der Waals surface area contributed by atoms with Gasteiger partial charge in [-0.15, -0.1) is 0 Å². The van der Waals surface area contributed by atoms with Gasteiger partial charge in [-0.2, -0.15) is 4.98 Å².